The molecule has 11 nitrogen and oxygen atoms in total. The van der Waals surface area contributed by atoms with Crippen LogP contribution in [-0.2, 0) is 26.9 Å². The lowest BCUT2D eigenvalue weighted by Gasteiger charge is -2.21. The molecule has 1 heterocycles. The van der Waals surface area contributed by atoms with Crippen LogP contribution in [0.2, 0.25) is 0 Å². The highest BCUT2D eigenvalue weighted by molar-refractivity contribution is 6.03. The van der Waals surface area contributed by atoms with Gasteiger partial charge in [-0.3, -0.25) is 10.1 Å². The maximum Gasteiger partial charge on any atom is 0.435 e. The number of benzene rings is 3. The number of alkyl halides is 3. The number of carbonyl (C=O) groups excluding carboxylic acids is 3. The number of aromatic nitrogens is 2. The van der Waals surface area contributed by atoms with Crippen LogP contribution in [0, 0.1) is 5.92 Å². The van der Waals surface area contributed by atoms with Crippen LogP contribution in [-0.4, -0.2) is 46.7 Å². The van der Waals surface area contributed by atoms with Gasteiger partial charge < -0.3 is 24.8 Å². The molecule has 0 bridgehead atoms. The van der Waals surface area contributed by atoms with E-state index in [4.69, 9.17) is 14.2 Å². The van der Waals surface area contributed by atoms with E-state index in [1.807, 2.05) is 19.1 Å². The van der Waals surface area contributed by atoms with E-state index < -0.39 is 41.7 Å². The summed E-state index contributed by atoms with van der Waals surface area (Å²) >= 11 is 0. The van der Waals surface area contributed by atoms with Crippen molar-refractivity contribution in [1.29, 1.82) is 0 Å². The highest BCUT2D eigenvalue weighted by atomic mass is 19.4. The van der Waals surface area contributed by atoms with Crippen LogP contribution < -0.4 is 16.0 Å². The topological polar surface area (TPSA) is 133 Å². The average molecular weight is 736 g/mol. The van der Waals surface area contributed by atoms with Gasteiger partial charge in [0, 0.05) is 24.0 Å². The Labute approximate surface area is 306 Å². The van der Waals surface area contributed by atoms with E-state index in [0.717, 1.165) is 35.9 Å². The maximum atomic E-state index is 13.9. The van der Waals surface area contributed by atoms with Gasteiger partial charge in [-0.05, 0) is 99.0 Å². The molecular weight excluding hydrogens is 691 g/mol. The molecule has 5 rings (SSSR count). The van der Waals surface area contributed by atoms with Crippen molar-refractivity contribution in [2.45, 2.75) is 77.8 Å². The first kappa shape index (κ1) is 38.9. The molecule has 1 aliphatic carbocycles. The van der Waals surface area contributed by atoms with Crippen molar-refractivity contribution >= 4 is 29.5 Å². The summed E-state index contributed by atoms with van der Waals surface area (Å²) in [4.78, 5) is 38.2. The van der Waals surface area contributed by atoms with Gasteiger partial charge in [-0.2, -0.15) is 18.3 Å². The smallest absolute Gasteiger partial charge is 0.435 e. The van der Waals surface area contributed by atoms with E-state index in [1.54, 1.807) is 69.3 Å². The number of alkyl carbamates (subject to hydrolysis) is 1. The van der Waals surface area contributed by atoms with E-state index in [9.17, 15) is 27.6 Å². The van der Waals surface area contributed by atoms with Crippen molar-refractivity contribution < 1.29 is 41.8 Å². The van der Waals surface area contributed by atoms with Gasteiger partial charge in [0.1, 0.15) is 17.4 Å². The second-order valence-corrected chi connectivity index (χ2v) is 13.8. The fourth-order valence-electron chi connectivity index (χ4n) is 5.28. The minimum atomic E-state index is -4.82. The fraction of sp³-hybridized carbons (Fsp3) is 0.385. The summed E-state index contributed by atoms with van der Waals surface area (Å²) < 4.78 is 59.5. The SMILES string of the molecule is CCCCOC(=O)Nc1cccc(C(OCC2CC2)c2cccc(NC(=O)c3cc(C(F)(F)F)nn3-c3cccc(CNC(=O)OC(C)(C)C)c3)c2)c1. The summed E-state index contributed by atoms with van der Waals surface area (Å²) in [6, 6.07) is 21.0. The third-order valence-corrected chi connectivity index (χ3v) is 8.03. The molecule has 3 N–H and O–H groups in total. The van der Waals surface area contributed by atoms with Crippen molar-refractivity contribution in [2.75, 3.05) is 23.8 Å². The van der Waals surface area contributed by atoms with Crippen LogP contribution in [0.1, 0.15) is 92.4 Å². The molecule has 1 unspecified atom stereocenters. The molecule has 0 aliphatic heterocycles. The number of anilines is 2. The molecule has 3 amide bonds. The second kappa shape index (κ2) is 17.0. The number of nitrogens with one attached hydrogen (secondary N) is 3. The molecule has 14 heteroatoms. The van der Waals surface area contributed by atoms with Crippen LogP contribution in [0.5, 0.6) is 0 Å². The van der Waals surface area contributed by atoms with Crippen molar-refractivity contribution in [3.8, 4) is 5.69 Å². The molecule has 0 saturated heterocycles. The zero-order chi connectivity index (χ0) is 38.2. The second-order valence-electron chi connectivity index (χ2n) is 13.8. The van der Waals surface area contributed by atoms with E-state index in [0.29, 0.717) is 47.7 Å². The quantitative estimate of drug-likeness (QED) is 0.110. The summed E-state index contributed by atoms with van der Waals surface area (Å²) in [5.74, 6) is -0.393. The fourth-order valence-corrected chi connectivity index (χ4v) is 5.28. The van der Waals surface area contributed by atoms with Crippen LogP contribution in [0.15, 0.2) is 78.9 Å². The van der Waals surface area contributed by atoms with Crippen molar-refractivity contribution in [2.24, 2.45) is 5.92 Å². The standard InChI is InChI=1S/C39H44F3N5O6/c1-5-6-18-51-37(50)45-30-14-9-12-28(21-30)34(52-24-25-16-17-25)27-11-8-13-29(20-27)44-35(48)32-22-33(39(40,41)42)46-47(32)31-15-7-10-26(19-31)23-43-36(49)53-38(2,3)4/h7-15,19-22,25,34H,5-6,16-18,23-24H2,1-4H3,(H,43,49)(H,44,48)(H,45,50). The molecule has 3 aromatic carbocycles. The predicted octanol–water partition coefficient (Wildman–Crippen LogP) is 9.03. The van der Waals surface area contributed by atoms with E-state index in [2.05, 4.69) is 21.0 Å². The van der Waals surface area contributed by atoms with Gasteiger partial charge in [0.2, 0.25) is 0 Å². The summed E-state index contributed by atoms with van der Waals surface area (Å²) in [5, 5.41) is 11.8. The lowest BCUT2D eigenvalue weighted by Crippen LogP contribution is -2.32. The number of nitrogens with zero attached hydrogens (tertiary/aromatic N) is 2. The number of amides is 3. The average Bonchev–Trinajstić information content (AvgIpc) is 3.80. The Morgan fingerprint density at radius 2 is 1.55 bits per heavy atom. The molecule has 1 fully saturated rings. The highest BCUT2D eigenvalue weighted by Gasteiger charge is 2.36. The lowest BCUT2D eigenvalue weighted by molar-refractivity contribution is -0.141. The zero-order valence-electron chi connectivity index (χ0n) is 30.1. The Morgan fingerprint density at radius 3 is 2.17 bits per heavy atom. The van der Waals surface area contributed by atoms with Crippen LogP contribution in [0.4, 0.5) is 34.1 Å². The first-order chi connectivity index (χ1) is 25.2. The zero-order valence-corrected chi connectivity index (χ0v) is 30.1. The van der Waals surface area contributed by atoms with Crippen LogP contribution >= 0.6 is 0 Å². The summed E-state index contributed by atoms with van der Waals surface area (Å²) in [6.45, 7) is 8.01. The molecule has 282 valence electrons. The van der Waals surface area contributed by atoms with Crippen molar-refractivity contribution in [3.63, 3.8) is 0 Å². The van der Waals surface area contributed by atoms with Gasteiger partial charge in [-0.25, -0.2) is 14.3 Å². The molecule has 0 radical (unpaired) electrons. The van der Waals surface area contributed by atoms with Crippen molar-refractivity contribution in [1.82, 2.24) is 15.1 Å². The Bertz CT molecular complexity index is 1900. The normalized spacial score (nSPS) is 13.6. The molecule has 1 saturated carbocycles. The summed E-state index contributed by atoms with van der Waals surface area (Å²) in [5.41, 5.74) is 0.672. The predicted molar refractivity (Wildman–Crippen MR) is 193 cm³/mol. The molecule has 1 aliphatic rings. The van der Waals surface area contributed by atoms with E-state index in [1.165, 1.54) is 12.1 Å². The van der Waals surface area contributed by atoms with Crippen molar-refractivity contribution in [3.05, 3.63) is 107 Å². The van der Waals surface area contributed by atoms with Gasteiger partial charge in [0.05, 0.1) is 18.9 Å². The third kappa shape index (κ3) is 11.6. The number of halogens is 3. The largest absolute Gasteiger partial charge is 0.449 e. The summed E-state index contributed by atoms with van der Waals surface area (Å²) in [7, 11) is 0. The number of hydrogen-bond donors (Lipinski definition) is 3. The minimum absolute atomic E-state index is 0.0243. The van der Waals surface area contributed by atoms with Gasteiger partial charge in [-0.15, -0.1) is 0 Å². The highest BCUT2D eigenvalue weighted by Crippen LogP contribution is 2.35. The number of unbranched alkanes of at least 4 members (excludes halogenated alkanes) is 1. The van der Waals surface area contributed by atoms with Crippen LogP contribution in [0.25, 0.3) is 5.69 Å². The third-order valence-electron chi connectivity index (χ3n) is 8.03. The number of rotatable bonds is 14. The van der Waals surface area contributed by atoms with Gasteiger partial charge in [0.25, 0.3) is 5.91 Å². The molecule has 53 heavy (non-hydrogen) atoms. The van der Waals surface area contributed by atoms with Gasteiger partial charge >= 0.3 is 18.4 Å². The van der Waals surface area contributed by atoms with Gasteiger partial charge in [0.15, 0.2) is 5.69 Å². The molecule has 0 spiro atoms. The van der Waals surface area contributed by atoms with E-state index in [-0.39, 0.29) is 17.9 Å². The van der Waals surface area contributed by atoms with Gasteiger partial charge in [-0.1, -0.05) is 49.7 Å². The molecule has 1 aromatic heterocycles. The summed E-state index contributed by atoms with van der Waals surface area (Å²) in [6.07, 6.45) is -2.85. The molecule has 1 atom stereocenters. The monoisotopic (exact) mass is 735 g/mol. The number of ether oxygens (including phenoxy) is 3. The Balaban J connectivity index is 1.38. The Kier molecular flexibility index (Phi) is 12.4. The molecular formula is C39H44F3N5O6. The first-order valence-corrected chi connectivity index (χ1v) is 17.5. The first-order valence-electron chi connectivity index (χ1n) is 17.5. The minimum Gasteiger partial charge on any atom is -0.449 e. The van der Waals surface area contributed by atoms with E-state index >= 15 is 0 Å². The maximum absolute atomic E-state index is 13.9. The Morgan fingerprint density at radius 1 is 0.887 bits per heavy atom. The number of carbonyl (C=O) groups is 3. The lowest BCUT2D eigenvalue weighted by atomic mass is 10.00. The van der Waals surface area contributed by atoms with Crippen LogP contribution in [0.3, 0.4) is 0 Å². The Hall–Kier alpha value is -5.37. The number of hydrogen-bond acceptors (Lipinski definition) is 7. The molecule has 4 aromatic rings.